The van der Waals surface area contributed by atoms with Crippen molar-refractivity contribution in [3.05, 3.63) is 54.1 Å². The number of aryl methyl sites for hydroxylation is 1. The fourth-order valence-corrected chi connectivity index (χ4v) is 1.86. The van der Waals surface area contributed by atoms with Crippen LogP contribution < -0.4 is 10.1 Å². The molecule has 1 amide bonds. The first kappa shape index (κ1) is 15.5. The molecule has 0 aliphatic rings. The van der Waals surface area contributed by atoms with Crippen molar-refractivity contribution in [2.24, 2.45) is 0 Å². The predicted octanol–water partition coefficient (Wildman–Crippen LogP) is 2.80. The third-order valence-electron chi connectivity index (χ3n) is 2.89. The van der Waals surface area contributed by atoms with Crippen LogP contribution in [0, 0.1) is 18.2 Å². The number of hydrogen-bond acceptors (Lipinski definition) is 3. The van der Waals surface area contributed by atoms with Crippen molar-refractivity contribution in [1.29, 1.82) is 0 Å². The van der Waals surface area contributed by atoms with Crippen LogP contribution in [0.1, 0.15) is 12.0 Å². The molecule has 0 saturated carbocycles. The molecule has 5 heteroatoms. The van der Waals surface area contributed by atoms with Crippen LogP contribution in [-0.2, 0) is 11.2 Å². The van der Waals surface area contributed by atoms with Gasteiger partial charge in [0.2, 0.25) is 5.91 Å². The number of aromatic nitrogens is 1. The van der Waals surface area contributed by atoms with E-state index in [4.69, 9.17) is 11.2 Å². The highest BCUT2D eigenvalue weighted by Gasteiger charge is 2.09. The van der Waals surface area contributed by atoms with Gasteiger partial charge in [-0.2, -0.15) is 0 Å². The first-order valence-corrected chi connectivity index (χ1v) is 6.73. The van der Waals surface area contributed by atoms with Crippen LogP contribution in [0.3, 0.4) is 0 Å². The van der Waals surface area contributed by atoms with Crippen molar-refractivity contribution >= 4 is 11.6 Å². The molecule has 1 aromatic carbocycles. The predicted molar refractivity (Wildman–Crippen MR) is 81.9 cm³/mol. The fourth-order valence-electron chi connectivity index (χ4n) is 1.86. The Hall–Kier alpha value is -2.87. The molecule has 0 unspecified atom stereocenters. The Balaban J connectivity index is 1.98. The smallest absolute Gasteiger partial charge is 0.224 e. The van der Waals surface area contributed by atoms with Crippen LogP contribution in [0.15, 0.2) is 42.7 Å². The second kappa shape index (κ2) is 7.79. The van der Waals surface area contributed by atoms with Crippen molar-refractivity contribution < 1.29 is 13.9 Å². The van der Waals surface area contributed by atoms with Crippen molar-refractivity contribution in [2.45, 2.75) is 12.8 Å². The highest BCUT2D eigenvalue weighted by atomic mass is 19.1. The minimum atomic E-state index is -0.462. The summed E-state index contributed by atoms with van der Waals surface area (Å²) in [6.07, 6.45) is 9.32. The Morgan fingerprint density at radius 1 is 1.41 bits per heavy atom. The number of terminal acetylenes is 1. The number of carbonyl (C=O) groups excluding carboxylic acids is 1. The molecular weight excluding hydrogens is 283 g/mol. The Kier molecular flexibility index (Phi) is 5.50. The number of benzene rings is 1. The van der Waals surface area contributed by atoms with E-state index in [1.807, 2.05) is 12.1 Å². The van der Waals surface area contributed by atoms with Gasteiger partial charge in [0.25, 0.3) is 0 Å². The SMILES string of the molecule is C#CCOc1ccc(F)cc1NC(=O)CCc1cccnc1. The first-order valence-electron chi connectivity index (χ1n) is 6.73. The van der Waals surface area contributed by atoms with Gasteiger partial charge >= 0.3 is 0 Å². The lowest BCUT2D eigenvalue weighted by molar-refractivity contribution is -0.116. The molecule has 1 N–H and O–H groups in total. The molecule has 0 bridgehead atoms. The van der Waals surface area contributed by atoms with Gasteiger partial charge in [0.15, 0.2) is 0 Å². The van der Waals surface area contributed by atoms with E-state index >= 15 is 0 Å². The standard InChI is InChI=1S/C17H15FN2O2/c1-2-10-22-16-7-6-14(18)11-15(16)20-17(21)8-5-13-4-3-9-19-12-13/h1,3-4,6-7,9,11-12H,5,8,10H2,(H,20,21). The number of anilines is 1. The molecular formula is C17H15FN2O2. The molecule has 22 heavy (non-hydrogen) atoms. The number of hydrogen-bond donors (Lipinski definition) is 1. The van der Waals surface area contributed by atoms with Gasteiger partial charge in [-0.3, -0.25) is 9.78 Å². The third kappa shape index (κ3) is 4.60. The lowest BCUT2D eigenvalue weighted by Gasteiger charge is -2.11. The van der Waals surface area contributed by atoms with Gasteiger partial charge in [-0.25, -0.2) is 4.39 Å². The number of ether oxygens (including phenoxy) is 1. The molecule has 0 aliphatic heterocycles. The van der Waals surface area contributed by atoms with Crippen LogP contribution in [-0.4, -0.2) is 17.5 Å². The summed E-state index contributed by atoms with van der Waals surface area (Å²) in [6, 6.07) is 7.59. The van der Waals surface area contributed by atoms with Gasteiger partial charge < -0.3 is 10.1 Å². The zero-order valence-electron chi connectivity index (χ0n) is 11.9. The van der Waals surface area contributed by atoms with Gasteiger partial charge in [-0.05, 0) is 30.2 Å². The summed E-state index contributed by atoms with van der Waals surface area (Å²) >= 11 is 0. The molecule has 0 aliphatic carbocycles. The third-order valence-corrected chi connectivity index (χ3v) is 2.89. The normalized spacial score (nSPS) is 9.82. The topological polar surface area (TPSA) is 51.2 Å². The quantitative estimate of drug-likeness (QED) is 0.834. The van der Waals surface area contributed by atoms with E-state index in [0.29, 0.717) is 12.2 Å². The lowest BCUT2D eigenvalue weighted by Crippen LogP contribution is -2.13. The van der Waals surface area contributed by atoms with E-state index < -0.39 is 5.82 Å². The van der Waals surface area contributed by atoms with Crippen LogP contribution in [0.2, 0.25) is 0 Å². The van der Waals surface area contributed by atoms with E-state index in [1.165, 1.54) is 18.2 Å². The molecule has 0 spiro atoms. The van der Waals surface area contributed by atoms with Gasteiger partial charge in [0.05, 0.1) is 5.69 Å². The first-order chi connectivity index (χ1) is 10.7. The summed E-state index contributed by atoms with van der Waals surface area (Å²) < 4.78 is 18.6. The average Bonchev–Trinajstić information content (AvgIpc) is 2.53. The number of rotatable bonds is 6. The van der Waals surface area contributed by atoms with Gasteiger partial charge in [-0.15, -0.1) is 6.42 Å². The lowest BCUT2D eigenvalue weighted by atomic mass is 10.1. The minimum Gasteiger partial charge on any atom is -0.479 e. The van der Waals surface area contributed by atoms with Crippen LogP contribution >= 0.6 is 0 Å². The summed E-state index contributed by atoms with van der Waals surface area (Å²) in [5.74, 6) is 1.97. The molecule has 1 aromatic heterocycles. The monoisotopic (exact) mass is 298 g/mol. The summed E-state index contributed by atoms with van der Waals surface area (Å²) in [4.78, 5) is 16.0. The average molecular weight is 298 g/mol. The maximum Gasteiger partial charge on any atom is 0.224 e. The summed E-state index contributed by atoms with van der Waals surface area (Å²) in [5, 5.41) is 2.64. The Morgan fingerprint density at radius 3 is 3.00 bits per heavy atom. The molecule has 112 valence electrons. The van der Waals surface area contributed by atoms with Crippen molar-refractivity contribution in [3.63, 3.8) is 0 Å². The van der Waals surface area contributed by atoms with E-state index in [1.54, 1.807) is 12.4 Å². The Morgan fingerprint density at radius 2 is 2.27 bits per heavy atom. The van der Waals surface area contributed by atoms with E-state index in [-0.39, 0.29) is 24.6 Å². The van der Waals surface area contributed by atoms with E-state index in [2.05, 4.69) is 16.2 Å². The number of halogens is 1. The number of nitrogens with one attached hydrogen (secondary N) is 1. The van der Waals surface area contributed by atoms with Crippen molar-refractivity contribution in [1.82, 2.24) is 4.98 Å². The van der Waals surface area contributed by atoms with Crippen LogP contribution in [0.4, 0.5) is 10.1 Å². The van der Waals surface area contributed by atoms with Gasteiger partial charge in [-0.1, -0.05) is 12.0 Å². The Labute approximate surface area is 128 Å². The van der Waals surface area contributed by atoms with E-state index in [0.717, 1.165) is 5.56 Å². The summed E-state index contributed by atoms with van der Waals surface area (Å²) in [5.41, 5.74) is 1.23. The second-order valence-electron chi connectivity index (χ2n) is 4.54. The maximum absolute atomic E-state index is 13.3. The largest absolute Gasteiger partial charge is 0.479 e. The molecule has 0 atom stereocenters. The summed E-state index contributed by atoms with van der Waals surface area (Å²) in [7, 11) is 0. The molecule has 2 rings (SSSR count). The minimum absolute atomic E-state index is 0.0458. The number of carbonyl (C=O) groups is 1. The van der Waals surface area contributed by atoms with Gasteiger partial charge in [0.1, 0.15) is 18.2 Å². The van der Waals surface area contributed by atoms with Crippen molar-refractivity contribution in [3.8, 4) is 18.1 Å². The molecule has 0 saturated heterocycles. The van der Waals surface area contributed by atoms with E-state index in [9.17, 15) is 9.18 Å². The highest BCUT2D eigenvalue weighted by molar-refractivity contribution is 5.92. The van der Waals surface area contributed by atoms with Crippen molar-refractivity contribution in [2.75, 3.05) is 11.9 Å². The maximum atomic E-state index is 13.3. The number of amides is 1. The molecule has 0 fully saturated rings. The fraction of sp³-hybridized carbons (Fsp3) is 0.176. The number of pyridine rings is 1. The highest BCUT2D eigenvalue weighted by Crippen LogP contribution is 2.25. The zero-order chi connectivity index (χ0) is 15.8. The molecule has 4 nitrogen and oxygen atoms in total. The molecule has 2 aromatic rings. The number of nitrogens with zero attached hydrogens (tertiary/aromatic N) is 1. The summed E-state index contributed by atoms with van der Waals surface area (Å²) in [6.45, 7) is 0.0458. The zero-order valence-corrected chi connectivity index (χ0v) is 11.9. The van der Waals surface area contributed by atoms with Gasteiger partial charge in [0, 0.05) is 24.9 Å². The Bertz CT molecular complexity index is 681. The second-order valence-corrected chi connectivity index (χ2v) is 4.54. The molecule has 1 heterocycles. The van der Waals surface area contributed by atoms with Crippen LogP contribution in [0.25, 0.3) is 0 Å². The molecule has 0 radical (unpaired) electrons. The van der Waals surface area contributed by atoms with Crippen LogP contribution in [0.5, 0.6) is 5.75 Å².